The first kappa shape index (κ1) is 10.7. The number of hydrogen-bond acceptors (Lipinski definition) is 1. The smallest absolute Gasteiger partial charge is 0.248 e. The second-order valence-corrected chi connectivity index (χ2v) is 1.73. The van der Waals surface area contributed by atoms with Crippen molar-refractivity contribution in [3.05, 3.63) is 35.9 Å². The third kappa shape index (κ3) is 4.16. The lowest BCUT2D eigenvalue weighted by Gasteiger charge is -1.89. The van der Waals surface area contributed by atoms with Gasteiger partial charge in [-0.05, 0) is 12.1 Å². The molecule has 0 spiro atoms. The van der Waals surface area contributed by atoms with E-state index in [0.717, 1.165) is 0 Å². The molecule has 0 aromatic heterocycles. The highest BCUT2D eigenvalue weighted by atomic mass is 80.9. The summed E-state index contributed by atoms with van der Waals surface area (Å²) in [4.78, 5) is 10.4. The number of rotatable bonds is 1. The summed E-state index contributed by atoms with van der Waals surface area (Å²) in [5.74, 6) is -0.379. The number of hydrogen-bond donors (Lipinski definition) is 1. The fourth-order valence-electron chi connectivity index (χ4n) is 0.602. The number of amides is 1. The number of primary amides is 1. The van der Waals surface area contributed by atoms with Crippen LogP contribution in [-0.2, 0) is 0 Å². The third-order valence-electron chi connectivity index (χ3n) is 1.06. The van der Waals surface area contributed by atoms with Crippen LogP contribution < -0.4 is 5.73 Å². The zero-order valence-corrected chi connectivity index (χ0v) is 8.80. The molecule has 60 valence electrons. The Morgan fingerprint density at radius 2 is 1.64 bits per heavy atom. The number of carbonyl (C=O) groups is 1. The highest BCUT2D eigenvalue weighted by Gasteiger charge is 1.93. The van der Waals surface area contributed by atoms with Crippen molar-refractivity contribution < 1.29 is 4.79 Å². The Kier molecular flexibility index (Phi) is 6.16. The van der Waals surface area contributed by atoms with Crippen LogP contribution in [0.2, 0.25) is 0 Å². The van der Waals surface area contributed by atoms with E-state index < -0.39 is 0 Å². The van der Waals surface area contributed by atoms with E-state index in [-0.39, 0.29) is 5.91 Å². The quantitative estimate of drug-likeness (QED) is 0.844. The monoisotopic (exact) mass is 279 g/mol. The third-order valence-corrected chi connectivity index (χ3v) is 1.06. The van der Waals surface area contributed by atoms with Crippen molar-refractivity contribution in [2.75, 3.05) is 0 Å². The molecule has 0 fully saturated rings. The summed E-state index contributed by atoms with van der Waals surface area (Å²) in [5, 5.41) is 0. The van der Waals surface area contributed by atoms with Crippen molar-refractivity contribution in [3.8, 4) is 0 Å². The molecule has 0 saturated heterocycles. The van der Waals surface area contributed by atoms with Gasteiger partial charge in [0.2, 0.25) is 5.91 Å². The van der Waals surface area contributed by atoms with E-state index in [4.69, 9.17) is 5.73 Å². The van der Waals surface area contributed by atoms with Crippen LogP contribution in [0.25, 0.3) is 0 Å². The van der Waals surface area contributed by atoms with E-state index in [9.17, 15) is 4.79 Å². The minimum absolute atomic E-state index is 0.379. The summed E-state index contributed by atoms with van der Waals surface area (Å²) in [6.45, 7) is 0. The van der Waals surface area contributed by atoms with E-state index in [0.29, 0.717) is 5.56 Å². The standard InChI is InChI=1S/C7H7NO.Br2/c8-7(9)6-4-2-1-3-5-6;1-2/h1-5H,(H2,8,9);. The van der Waals surface area contributed by atoms with Crippen molar-refractivity contribution in [2.45, 2.75) is 0 Å². The van der Waals surface area contributed by atoms with Gasteiger partial charge in [0.05, 0.1) is 0 Å². The Labute approximate surface area is 80.6 Å². The summed E-state index contributed by atoms with van der Waals surface area (Å²) >= 11 is 5.50. The molecule has 2 N–H and O–H groups in total. The van der Waals surface area contributed by atoms with Gasteiger partial charge < -0.3 is 5.73 Å². The lowest BCUT2D eigenvalue weighted by atomic mass is 10.2. The van der Waals surface area contributed by atoms with E-state index in [2.05, 4.69) is 28.3 Å². The van der Waals surface area contributed by atoms with Crippen LogP contribution in [0.4, 0.5) is 0 Å². The molecule has 0 aliphatic carbocycles. The maximum Gasteiger partial charge on any atom is 0.248 e. The van der Waals surface area contributed by atoms with Crippen LogP contribution in [0, 0.1) is 0 Å². The minimum atomic E-state index is -0.379. The Bertz CT molecular complexity index is 213. The fraction of sp³-hybridized carbons (Fsp3) is 0. The predicted molar refractivity (Wildman–Crippen MR) is 52.8 cm³/mol. The molecule has 0 saturated carbocycles. The Morgan fingerprint density at radius 3 is 1.91 bits per heavy atom. The maximum absolute atomic E-state index is 10.4. The van der Waals surface area contributed by atoms with Crippen molar-refractivity contribution in [1.29, 1.82) is 0 Å². The van der Waals surface area contributed by atoms with Gasteiger partial charge in [-0.25, -0.2) is 0 Å². The zero-order chi connectivity index (χ0) is 8.69. The van der Waals surface area contributed by atoms with E-state index in [1.54, 1.807) is 24.3 Å². The number of halogens is 2. The number of nitrogens with two attached hydrogens (primary N) is 1. The van der Waals surface area contributed by atoms with Gasteiger partial charge >= 0.3 is 0 Å². The second-order valence-electron chi connectivity index (χ2n) is 1.73. The maximum atomic E-state index is 10.4. The molecule has 1 rings (SSSR count). The molecule has 0 unspecified atom stereocenters. The lowest BCUT2D eigenvalue weighted by molar-refractivity contribution is 0.100. The molecule has 11 heavy (non-hydrogen) atoms. The molecular formula is C7H7Br2NO. The van der Waals surface area contributed by atoms with Crippen molar-refractivity contribution in [3.63, 3.8) is 0 Å². The topological polar surface area (TPSA) is 43.1 Å². The van der Waals surface area contributed by atoms with Gasteiger partial charge in [0.1, 0.15) is 0 Å². The summed E-state index contributed by atoms with van der Waals surface area (Å²) in [5.41, 5.74) is 5.53. The van der Waals surface area contributed by atoms with E-state index >= 15 is 0 Å². The summed E-state index contributed by atoms with van der Waals surface area (Å²) in [6.07, 6.45) is 0. The molecule has 0 aliphatic heterocycles. The zero-order valence-electron chi connectivity index (χ0n) is 5.63. The summed E-state index contributed by atoms with van der Waals surface area (Å²) < 4.78 is 0. The van der Waals surface area contributed by atoms with Crippen molar-refractivity contribution >= 4 is 34.2 Å². The van der Waals surface area contributed by atoms with Gasteiger partial charge in [0.15, 0.2) is 0 Å². The average molecular weight is 281 g/mol. The van der Waals surface area contributed by atoms with Crippen LogP contribution >= 0.6 is 28.3 Å². The molecule has 0 radical (unpaired) electrons. The highest BCUT2D eigenvalue weighted by molar-refractivity contribution is 9.93. The summed E-state index contributed by atoms with van der Waals surface area (Å²) in [7, 11) is 0. The summed E-state index contributed by atoms with van der Waals surface area (Å²) in [6, 6.07) is 8.76. The number of benzene rings is 1. The van der Waals surface area contributed by atoms with E-state index in [1.165, 1.54) is 0 Å². The van der Waals surface area contributed by atoms with Crippen LogP contribution in [-0.4, -0.2) is 5.91 Å². The molecule has 4 heteroatoms. The fourth-order valence-corrected chi connectivity index (χ4v) is 0.602. The molecule has 0 heterocycles. The minimum Gasteiger partial charge on any atom is -0.366 e. The molecule has 0 bridgehead atoms. The lowest BCUT2D eigenvalue weighted by Crippen LogP contribution is -2.09. The highest BCUT2D eigenvalue weighted by Crippen LogP contribution is 1.94. The van der Waals surface area contributed by atoms with Crippen molar-refractivity contribution in [2.24, 2.45) is 5.73 Å². The molecule has 1 aromatic rings. The first-order valence-corrected chi connectivity index (χ1v) is 6.51. The predicted octanol–water partition coefficient (Wildman–Crippen LogP) is 2.48. The molecule has 0 aliphatic rings. The van der Waals surface area contributed by atoms with Gasteiger partial charge in [-0.1, -0.05) is 18.2 Å². The Morgan fingerprint density at radius 1 is 1.18 bits per heavy atom. The molecule has 1 amide bonds. The van der Waals surface area contributed by atoms with Crippen LogP contribution in [0.3, 0.4) is 0 Å². The van der Waals surface area contributed by atoms with Gasteiger partial charge in [-0.15, -0.1) is 0 Å². The molecular weight excluding hydrogens is 274 g/mol. The van der Waals surface area contributed by atoms with E-state index in [1.807, 2.05) is 6.07 Å². The van der Waals surface area contributed by atoms with Crippen molar-refractivity contribution in [1.82, 2.24) is 0 Å². The number of carbonyl (C=O) groups excluding carboxylic acids is 1. The SMILES string of the molecule is BrBr.NC(=O)c1ccccc1. The second kappa shape index (κ2) is 6.37. The normalized spacial score (nSPS) is 7.82. The van der Waals surface area contributed by atoms with Gasteiger partial charge in [-0.2, -0.15) is 0 Å². The van der Waals surface area contributed by atoms with Crippen LogP contribution in [0.15, 0.2) is 30.3 Å². The first-order chi connectivity index (χ1) is 5.30. The van der Waals surface area contributed by atoms with Crippen LogP contribution in [0.1, 0.15) is 10.4 Å². The van der Waals surface area contributed by atoms with Gasteiger partial charge in [-0.3, -0.25) is 4.79 Å². The molecule has 1 aromatic carbocycles. The van der Waals surface area contributed by atoms with Gasteiger partial charge in [0, 0.05) is 33.8 Å². The van der Waals surface area contributed by atoms with Gasteiger partial charge in [0.25, 0.3) is 0 Å². The largest absolute Gasteiger partial charge is 0.366 e. The molecule has 2 nitrogen and oxygen atoms in total. The average Bonchev–Trinajstić information content (AvgIpc) is 2.10. The first-order valence-electron chi connectivity index (χ1n) is 2.80. The Balaban J connectivity index is 0.000000461. The molecule has 0 atom stereocenters. The van der Waals surface area contributed by atoms with Crippen LogP contribution in [0.5, 0.6) is 0 Å². The Hall–Kier alpha value is -0.350.